The lowest BCUT2D eigenvalue weighted by atomic mass is 9.92. The van der Waals surface area contributed by atoms with Crippen LogP contribution < -0.4 is 10.1 Å². The van der Waals surface area contributed by atoms with E-state index in [1.54, 1.807) is 4.68 Å². The third kappa shape index (κ3) is 5.30. The van der Waals surface area contributed by atoms with E-state index >= 15 is 0 Å². The monoisotopic (exact) mass is 337 g/mol. The first-order valence-electron chi connectivity index (χ1n) is 8.06. The average Bonchev–Trinajstić information content (AvgIpc) is 2.88. The number of rotatable bonds is 7. The van der Waals surface area contributed by atoms with Gasteiger partial charge in [-0.05, 0) is 37.1 Å². The number of benzene rings is 1. The molecule has 2 aromatic rings. The number of ether oxygens (including phenoxy) is 1. The minimum Gasteiger partial charge on any atom is -0.473 e. The lowest BCUT2D eigenvalue weighted by Gasteiger charge is -2.18. The van der Waals surface area contributed by atoms with Crippen LogP contribution in [0.2, 0.25) is 0 Å². The Labute approximate surface area is 141 Å². The Balaban J connectivity index is 2.13. The van der Waals surface area contributed by atoms with Gasteiger partial charge in [0.25, 0.3) is 0 Å². The van der Waals surface area contributed by atoms with Crippen LogP contribution in [0.5, 0.6) is 5.88 Å². The lowest BCUT2D eigenvalue weighted by molar-refractivity contribution is 0.254. The van der Waals surface area contributed by atoms with E-state index in [0.717, 1.165) is 30.3 Å². The highest BCUT2D eigenvalue weighted by Crippen LogP contribution is 2.23. The van der Waals surface area contributed by atoms with Gasteiger partial charge >= 0.3 is 0 Å². The molecule has 6 heteroatoms. The third-order valence-electron chi connectivity index (χ3n) is 3.61. The highest BCUT2D eigenvalue weighted by atomic mass is 19.1. The van der Waals surface area contributed by atoms with Crippen LogP contribution in [0, 0.1) is 17.0 Å². The molecule has 0 spiro atoms. The number of nitrogens with one attached hydrogen (secondary N) is 1. The highest BCUT2D eigenvalue weighted by Gasteiger charge is 2.15. The zero-order chi connectivity index (χ0) is 17.7. The molecule has 1 aromatic carbocycles. The molecular formula is C18H25F2N3O. The maximum atomic E-state index is 13.7. The van der Waals surface area contributed by atoms with Crippen LogP contribution in [-0.2, 0) is 19.7 Å². The van der Waals surface area contributed by atoms with Crippen LogP contribution in [0.15, 0.2) is 24.3 Å². The fourth-order valence-corrected chi connectivity index (χ4v) is 2.24. The molecule has 0 aliphatic carbocycles. The number of nitrogens with zero attached hydrogens (tertiary/aromatic N) is 2. The predicted molar refractivity (Wildman–Crippen MR) is 89.8 cm³/mol. The Morgan fingerprint density at radius 2 is 1.96 bits per heavy atom. The Morgan fingerprint density at radius 1 is 1.21 bits per heavy atom. The maximum absolute atomic E-state index is 13.7. The first-order valence-corrected chi connectivity index (χ1v) is 8.06. The van der Waals surface area contributed by atoms with Crippen LogP contribution in [0.1, 0.15) is 38.4 Å². The van der Waals surface area contributed by atoms with Crippen molar-refractivity contribution in [1.82, 2.24) is 15.1 Å². The summed E-state index contributed by atoms with van der Waals surface area (Å²) in [5.41, 5.74) is 1.20. The van der Waals surface area contributed by atoms with Gasteiger partial charge in [-0.25, -0.2) is 13.5 Å². The Hall–Kier alpha value is -1.95. The summed E-state index contributed by atoms with van der Waals surface area (Å²) in [5.74, 6) is -0.395. The fraction of sp³-hybridized carbons (Fsp3) is 0.500. The van der Waals surface area contributed by atoms with E-state index in [1.807, 2.05) is 13.1 Å². The molecule has 1 aromatic heterocycles. The quantitative estimate of drug-likeness (QED) is 0.833. The molecule has 0 amide bonds. The second kappa shape index (κ2) is 7.75. The van der Waals surface area contributed by atoms with Crippen LogP contribution in [-0.4, -0.2) is 16.8 Å². The van der Waals surface area contributed by atoms with E-state index in [-0.39, 0.29) is 17.6 Å². The number of hydrogen-bond donors (Lipinski definition) is 1. The van der Waals surface area contributed by atoms with Gasteiger partial charge in [-0.1, -0.05) is 20.8 Å². The van der Waals surface area contributed by atoms with Crippen molar-refractivity contribution >= 4 is 0 Å². The van der Waals surface area contributed by atoms with Crippen molar-refractivity contribution in [2.75, 3.05) is 7.05 Å². The SMILES string of the molecule is CNCc1cc(OCc2cc(F)ccc2F)n(CCC(C)(C)C)n1. The Bertz CT molecular complexity index is 677. The number of hydrogen-bond acceptors (Lipinski definition) is 3. The first kappa shape index (κ1) is 18.4. The topological polar surface area (TPSA) is 39.1 Å². The normalized spacial score (nSPS) is 11.8. The van der Waals surface area contributed by atoms with Crippen molar-refractivity contribution in [2.45, 2.75) is 46.9 Å². The zero-order valence-electron chi connectivity index (χ0n) is 14.7. The molecule has 0 unspecified atom stereocenters. The third-order valence-corrected chi connectivity index (χ3v) is 3.61. The molecule has 132 valence electrons. The molecule has 1 heterocycles. The summed E-state index contributed by atoms with van der Waals surface area (Å²) in [6.07, 6.45) is 0.929. The molecular weight excluding hydrogens is 312 g/mol. The standard InChI is InChI=1S/C18H25F2N3O/c1-18(2,3)7-8-23-17(10-15(22-23)11-21-4)24-12-13-9-14(19)5-6-16(13)20/h5-6,9-10,21H,7-8,11-12H2,1-4H3. The Kier molecular flexibility index (Phi) is 5.94. The van der Waals surface area contributed by atoms with E-state index in [4.69, 9.17) is 4.74 Å². The second-order valence-corrected chi connectivity index (χ2v) is 7.06. The molecule has 1 N–H and O–H groups in total. The molecule has 0 atom stereocenters. The summed E-state index contributed by atoms with van der Waals surface area (Å²) < 4.78 is 34.5. The van der Waals surface area contributed by atoms with E-state index in [1.165, 1.54) is 0 Å². The van der Waals surface area contributed by atoms with Crippen molar-refractivity contribution in [3.63, 3.8) is 0 Å². The molecule has 0 aliphatic heterocycles. The van der Waals surface area contributed by atoms with Gasteiger partial charge in [0.05, 0.1) is 5.69 Å². The molecule has 0 radical (unpaired) electrons. The van der Waals surface area contributed by atoms with Crippen LogP contribution in [0.25, 0.3) is 0 Å². The molecule has 0 saturated heterocycles. The second-order valence-electron chi connectivity index (χ2n) is 7.06. The van der Waals surface area contributed by atoms with E-state index in [2.05, 4.69) is 31.2 Å². The molecule has 0 fully saturated rings. The van der Waals surface area contributed by atoms with Gasteiger partial charge in [0.2, 0.25) is 5.88 Å². The van der Waals surface area contributed by atoms with Gasteiger partial charge in [0, 0.05) is 24.7 Å². The van der Waals surface area contributed by atoms with Gasteiger partial charge in [-0.3, -0.25) is 0 Å². The van der Waals surface area contributed by atoms with Gasteiger partial charge in [0.1, 0.15) is 18.2 Å². The van der Waals surface area contributed by atoms with Gasteiger partial charge < -0.3 is 10.1 Å². The molecule has 2 rings (SSSR count). The smallest absolute Gasteiger partial charge is 0.212 e. The van der Waals surface area contributed by atoms with Crippen LogP contribution >= 0.6 is 0 Å². The summed E-state index contributed by atoms with van der Waals surface area (Å²) in [5, 5.41) is 7.56. The van der Waals surface area contributed by atoms with Crippen molar-refractivity contribution in [3.05, 3.63) is 47.2 Å². The number of aromatic nitrogens is 2. The summed E-state index contributed by atoms with van der Waals surface area (Å²) in [6.45, 7) is 7.76. The average molecular weight is 337 g/mol. The van der Waals surface area contributed by atoms with Crippen LogP contribution in [0.3, 0.4) is 0 Å². The molecule has 4 nitrogen and oxygen atoms in total. The predicted octanol–water partition coefficient (Wildman–Crippen LogP) is 3.90. The van der Waals surface area contributed by atoms with E-state index < -0.39 is 11.6 Å². The van der Waals surface area contributed by atoms with Gasteiger partial charge in [-0.2, -0.15) is 5.10 Å². The van der Waals surface area contributed by atoms with E-state index in [9.17, 15) is 8.78 Å². The molecule has 24 heavy (non-hydrogen) atoms. The van der Waals surface area contributed by atoms with Crippen molar-refractivity contribution in [3.8, 4) is 5.88 Å². The Morgan fingerprint density at radius 3 is 2.62 bits per heavy atom. The minimum absolute atomic E-state index is 0.0379. The summed E-state index contributed by atoms with van der Waals surface area (Å²) in [7, 11) is 1.84. The summed E-state index contributed by atoms with van der Waals surface area (Å²) in [6, 6.07) is 5.19. The molecule has 0 bridgehead atoms. The zero-order valence-corrected chi connectivity index (χ0v) is 14.7. The molecule has 0 saturated carbocycles. The number of aryl methyl sites for hydroxylation is 1. The van der Waals surface area contributed by atoms with Gasteiger partial charge in [0.15, 0.2) is 0 Å². The van der Waals surface area contributed by atoms with Crippen molar-refractivity contribution < 1.29 is 13.5 Å². The van der Waals surface area contributed by atoms with E-state index in [0.29, 0.717) is 19.0 Å². The summed E-state index contributed by atoms with van der Waals surface area (Å²) in [4.78, 5) is 0. The fourth-order valence-electron chi connectivity index (χ4n) is 2.24. The van der Waals surface area contributed by atoms with Crippen LogP contribution in [0.4, 0.5) is 8.78 Å². The largest absolute Gasteiger partial charge is 0.473 e. The highest BCUT2D eigenvalue weighted by molar-refractivity contribution is 5.20. The lowest BCUT2D eigenvalue weighted by Crippen LogP contribution is -2.13. The number of halogens is 2. The van der Waals surface area contributed by atoms with Crippen molar-refractivity contribution in [1.29, 1.82) is 0 Å². The molecule has 0 aliphatic rings. The first-order chi connectivity index (χ1) is 11.3. The van der Waals surface area contributed by atoms with Gasteiger partial charge in [-0.15, -0.1) is 0 Å². The van der Waals surface area contributed by atoms with Crippen molar-refractivity contribution in [2.24, 2.45) is 5.41 Å². The maximum Gasteiger partial charge on any atom is 0.212 e. The summed E-state index contributed by atoms with van der Waals surface area (Å²) >= 11 is 0. The minimum atomic E-state index is -0.480.